The molecule has 1 rings (SSSR count). The summed E-state index contributed by atoms with van der Waals surface area (Å²) >= 11 is 1.45. The summed E-state index contributed by atoms with van der Waals surface area (Å²) in [7, 11) is 1.31. The van der Waals surface area contributed by atoms with E-state index in [1.54, 1.807) is 18.4 Å². The predicted molar refractivity (Wildman–Crippen MR) is 77.1 cm³/mol. The van der Waals surface area contributed by atoms with Crippen LogP contribution in [0, 0.1) is 0 Å². The van der Waals surface area contributed by atoms with Crippen LogP contribution in [0.1, 0.15) is 19.1 Å². The molecule has 0 saturated carbocycles. The van der Waals surface area contributed by atoms with Crippen LogP contribution in [0.2, 0.25) is 0 Å². The molecule has 0 bridgehead atoms. The summed E-state index contributed by atoms with van der Waals surface area (Å²) in [6, 6.07) is 2.94. The Bertz CT molecular complexity index is 422. The minimum absolute atomic E-state index is 0.0713. The van der Waals surface area contributed by atoms with E-state index in [1.807, 2.05) is 6.92 Å². The normalized spacial score (nSPS) is 13.6. The number of rotatable bonds is 8. The van der Waals surface area contributed by atoms with E-state index in [1.165, 1.54) is 18.9 Å². The number of ether oxygens (including phenoxy) is 1. The molecular weight excluding hydrogens is 280 g/mol. The molecule has 2 atom stereocenters. The lowest BCUT2D eigenvalue weighted by atomic mass is 10.2. The predicted octanol–water partition coefficient (Wildman–Crippen LogP) is 0.908. The summed E-state index contributed by atoms with van der Waals surface area (Å²) in [5.41, 5.74) is 5.61. The zero-order valence-corrected chi connectivity index (χ0v) is 12.4. The second kappa shape index (κ2) is 8.65. The minimum atomic E-state index is -0.633. The van der Waals surface area contributed by atoms with Gasteiger partial charge in [-0.25, -0.2) is 0 Å². The number of methoxy groups -OCH3 is 1. The number of amides is 1. The number of furan rings is 1. The Balaban J connectivity index is 2.19. The third-order valence-electron chi connectivity index (χ3n) is 2.69. The van der Waals surface area contributed by atoms with Crippen LogP contribution >= 0.6 is 11.8 Å². The molecule has 0 radical (unpaired) electrons. The number of thioether (sulfide) groups is 1. The van der Waals surface area contributed by atoms with Crippen molar-refractivity contribution in [1.82, 2.24) is 5.32 Å². The van der Waals surface area contributed by atoms with Gasteiger partial charge in [-0.1, -0.05) is 0 Å². The van der Waals surface area contributed by atoms with Gasteiger partial charge in [-0.3, -0.25) is 9.59 Å². The molecule has 3 N–H and O–H groups in total. The van der Waals surface area contributed by atoms with Crippen LogP contribution in [0.4, 0.5) is 0 Å². The summed E-state index contributed by atoms with van der Waals surface area (Å²) in [6.07, 6.45) is 2.04. The van der Waals surface area contributed by atoms with Crippen molar-refractivity contribution in [1.29, 1.82) is 0 Å². The van der Waals surface area contributed by atoms with Crippen molar-refractivity contribution in [3.8, 4) is 0 Å². The quantitative estimate of drug-likeness (QED) is 0.693. The fourth-order valence-electron chi connectivity index (χ4n) is 1.45. The van der Waals surface area contributed by atoms with Gasteiger partial charge in [-0.15, -0.1) is 11.8 Å². The average Bonchev–Trinajstić information content (AvgIpc) is 2.96. The van der Waals surface area contributed by atoms with E-state index < -0.39 is 12.0 Å². The maximum Gasteiger partial charge on any atom is 0.322 e. The average molecular weight is 300 g/mol. The van der Waals surface area contributed by atoms with Crippen molar-refractivity contribution in [2.45, 2.75) is 31.2 Å². The second-order valence-electron chi connectivity index (χ2n) is 4.23. The fraction of sp³-hybridized carbons (Fsp3) is 0.538. The SMILES string of the molecule is COC(=O)C(N)CCSC(C)C(=O)NCc1ccco1. The third kappa shape index (κ3) is 5.66. The van der Waals surface area contributed by atoms with Crippen LogP contribution in [0.3, 0.4) is 0 Å². The summed E-state index contributed by atoms with van der Waals surface area (Å²) < 4.78 is 9.66. The lowest BCUT2D eigenvalue weighted by Gasteiger charge is -2.13. The molecule has 0 aromatic carbocycles. The smallest absolute Gasteiger partial charge is 0.322 e. The highest BCUT2D eigenvalue weighted by molar-refractivity contribution is 8.00. The molecular formula is C13H20N2O4S. The molecule has 1 amide bonds. The van der Waals surface area contributed by atoms with Crippen LogP contribution < -0.4 is 11.1 Å². The van der Waals surface area contributed by atoms with Crippen molar-refractivity contribution in [3.05, 3.63) is 24.2 Å². The van der Waals surface area contributed by atoms with Crippen LogP contribution in [-0.2, 0) is 20.9 Å². The topological polar surface area (TPSA) is 94.6 Å². The van der Waals surface area contributed by atoms with E-state index >= 15 is 0 Å². The molecule has 6 nitrogen and oxygen atoms in total. The summed E-state index contributed by atoms with van der Waals surface area (Å²) in [6.45, 7) is 2.18. The maximum absolute atomic E-state index is 11.8. The molecule has 0 fully saturated rings. The lowest BCUT2D eigenvalue weighted by molar-refractivity contribution is -0.142. The van der Waals surface area contributed by atoms with E-state index in [4.69, 9.17) is 10.2 Å². The number of hydrogen-bond donors (Lipinski definition) is 2. The third-order valence-corrected chi connectivity index (χ3v) is 3.87. The Hall–Kier alpha value is -1.47. The molecule has 1 heterocycles. The van der Waals surface area contributed by atoms with Gasteiger partial charge in [0.15, 0.2) is 0 Å². The van der Waals surface area contributed by atoms with Gasteiger partial charge in [-0.2, -0.15) is 0 Å². The molecule has 0 aliphatic carbocycles. The van der Waals surface area contributed by atoms with Gasteiger partial charge >= 0.3 is 5.97 Å². The summed E-state index contributed by atoms with van der Waals surface area (Å²) in [5, 5.41) is 2.57. The molecule has 0 aliphatic rings. The van der Waals surface area contributed by atoms with E-state index in [0.29, 0.717) is 24.5 Å². The lowest BCUT2D eigenvalue weighted by Crippen LogP contribution is -2.33. The number of carbonyl (C=O) groups excluding carboxylic acids is 2. The van der Waals surface area contributed by atoms with E-state index in [9.17, 15) is 9.59 Å². The first-order valence-corrected chi connectivity index (χ1v) is 7.34. The number of hydrogen-bond acceptors (Lipinski definition) is 6. The standard InChI is InChI=1S/C13H20N2O4S/c1-9(20-7-5-11(14)13(17)18-2)12(16)15-8-10-4-3-6-19-10/h3-4,6,9,11H,5,7-8,14H2,1-2H3,(H,15,16). The van der Waals surface area contributed by atoms with Gasteiger partial charge in [0.25, 0.3) is 0 Å². The largest absolute Gasteiger partial charge is 0.468 e. The van der Waals surface area contributed by atoms with E-state index in [-0.39, 0.29) is 11.2 Å². The molecule has 1 aromatic rings. The molecule has 20 heavy (non-hydrogen) atoms. The molecule has 0 spiro atoms. The van der Waals surface area contributed by atoms with Crippen molar-refractivity contribution < 1.29 is 18.7 Å². The Morgan fingerprint density at radius 3 is 2.90 bits per heavy atom. The van der Waals surface area contributed by atoms with Gasteiger partial charge in [0.05, 0.1) is 25.2 Å². The number of nitrogens with one attached hydrogen (secondary N) is 1. The van der Waals surface area contributed by atoms with Gasteiger partial charge < -0.3 is 20.2 Å². The Kier molecular flexibility index (Phi) is 7.17. The highest BCUT2D eigenvalue weighted by atomic mass is 32.2. The molecule has 2 unspecified atom stereocenters. The highest BCUT2D eigenvalue weighted by Crippen LogP contribution is 2.13. The zero-order valence-electron chi connectivity index (χ0n) is 11.6. The summed E-state index contributed by atoms with van der Waals surface area (Å²) in [4.78, 5) is 22.9. The van der Waals surface area contributed by atoms with Crippen LogP contribution in [-0.4, -0.2) is 36.0 Å². The molecule has 7 heteroatoms. The van der Waals surface area contributed by atoms with E-state index in [2.05, 4.69) is 10.1 Å². The zero-order chi connectivity index (χ0) is 15.0. The first-order valence-electron chi connectivity index (χ1n) is 6.29. The van der Waals surface area contributed by atoms with Crippen molar-refractivity contribution in [2.75, 3.05) is 12.9 Å². The van der Waals surface area contributed by atoms with Gasteiger partial charge in [0.2, 0.25) is 5.91 Å². The second-order valence-corrected chi connectivity index (χ2v) is 5.68. The Morgan fingerprint density at radius 1 is 1.55 bits per heavy atom. The first-order chi connectivity index (χ1) is 9.54. The van der Waals surface area contributed by atoms with E-state index in [0.717, 1.165) is 0 Å². The monoisotopic (exact) mass is 300 g/mol. The van der Waals surface area contributed by atoms with Gasteiger partial charge in [-0.05, 0) is 31.2 Å². The van der Waals surface area contributed by atoms with Gasteiger partial charge in [0, 0.05) is 0 Å². The number of esters is 1. The van der Waals surface area contributed by atoms with Gasteiger partial charge in [0.1, 0.15) is 11.8 Å². The van der Waals surface area contributed by atoms with Crippen molar-refractivity contribution in [3.63, 3.8) is 0 Å². The Labute approximate surface area is 122 Å². The maximum atomic E-state index is 11.8. The molecule has 1 aromatic heterocycles. The molecule has 112 valence electrons. The van der Waals surface area contributed by atoms with Crippen LogP contribution in [0.15, 0.2) is 22.8 Å². The van der Waals surface area contributed by atoms with Crippen LogP contribution in [0.5, 0.6) is 0 Å². The minimum Gasteiger partial charge on any atom is -0.468 e. The highest BCUT2D eigenvalue weighted by Gasteiger charge is 2.17. The Morgan fingerprint density at radius 2 is 2.30 bits per heavy atom. The van der Waals surface area contributed by atoms with Crippen LogP contribution in [0.25, 0.3) is 0 Å². The molecule has 0 saturated heterocycles. The first kappa shape index (κ1) is 16.6. The van der Waals surface area contributed by atoms with Crippen molar-refractivity contribution >= 4 is 23.6 Å². The number of nitrogens with two attached hydrogens (primary N) is 1. The molecule has 0 aliphatic heterocycles. The van der Waals surface area contributed by atoms with Crippen molar-refractivity contribution in [2.24, 2.45) is 5.73 Å². The number of carbonyl (C=O) groups is 2. The fourth-order valence-corrected chi connectivity index (χ4v) is 2.43. The summed E-state index contributed by atoms with van der Waals surface area (Å²) in [5.74, 6) is 0.827.